The maximum absolute atomic E-state index is 12.1. The lowest BCUT2D eigenvalue weighted by Crippen LogP contribution is -2.63. The lowest BCUT2D eigenvalue weighted by Gasteiger charge is -2.44. The number of benzene rings is 1. The van der Waals surface area contributed by atoms with E-state index in [0.717, 1.165) is 27.7 Å². The highest BCUT2D eigenvalue weighted by Crippen LogP contribution is 2.42. The molecule has 0 saturated carbocycles. The summed E-state index contributed by atoms with van der Waals surface area (Å²) in [4.78, 5) is 58.8. The van der Waals surface area contributed by atoms with Crippen molar-refractivity contribution in [3.8, 4) is 17.2 Å². The van der Waals surface area contributed by atoms with E-state index in [4.69, 9.17) is 37.9 Å². The molecule has 0 spiro atoms. The van der Waals surface area contributed by atoms with Gasteiger partial charge < -0.3 is 43.0 Å². The molecule has 0 radical (unpaired) electrons. The van der Waals surface area contributed by atoms with E-state index in [9.17, 15) is 29.1 Å². The van der Waals surface area contributed by atoms with Gasteiger partial charge >= 0.3 is 29.8 Å². The fraction of sp³-hybridized carbons (Fsp3) is 0.500. The fourth-order valence-electron chi connectivity index (χ4n) is 3.81. The van der Waals surface area contributed by atoms with Gasteiger partial charge in [-0.2, -0.15) is 0 Å². The van der Waals surface area contributed by atoms with E-state index in [1.807, 2.05) is 0 Å². The van der Waals surface area contributed by atoms with Gasteiger partial charge in [-0.15, -0.1) is 0 Å². The van der Waals surface area contributed by atoms with Crippen molar-refractivity contribution in [1.29, 1.82) is 0 Å². The Morgan fingerprint density at radius 2 is 1.30 bits per heavy atom. The number of aliphatic carboxylic acids is 1. The van der Waals surface area contributed by atoms with Crippen molar-refractivity contribution in [1.82, 2.24) is 0 Å². The zero-order valence-electron chi connectivity index (χ0n) is 23.1. The van der Waals surface area contributed by atoms with Gasteiger partial charge in [0, 0.05) is 33.3 Å². The van der Waals surface area contributed by atoms with Gasteiger partial charge in [-0.3, -0.25) is 19.2 Å². The normalized spacial score (nSPS) is 22.4. The second-order valence-electron chi connectivity index (χ2n) is 8.57. The highest BCUT2D eigenvalue weighted by atomic mass is 16.7. The van der Waals surface area contributed by atoms with Crippen LogP contribution in [0.1, 0.15) is 40.2 Å². The maximum atomic E-state index is 12.1. The maximum Gasteiger partial charge on any atom is 0.331 e. The molecule has 0 aliphatic carbocycles. The van der Waals surface area contributed by atoms with Crippen LogP contribution in [0.4, 0.5) is 0 Å². The van der Waals surface area contributed by atoms with Crippen LogP contribution in [0.2, 0.25) is 0 Å². The SMILES string of the molecule is COc1cc(C=C(C)C(=O)O)cc(OC)c1O[C@@H]1O[C@H](COC(C)=O)[C@H](OC(C)=O)[C@H](OC(C)=O)[C@H]1OC(C)=O. The molecule has 0 unspecified atom stereocenters. The lowest BCUT2D eigenvalue weighted by atomic mass is 9.98. The quantitative estimate of drug-likeness (QED) is 0.231. The third-order valence-electron chi connectivity index (χ3n) is 5.39. The van der Waals surface area contributed by atoms with Gasteiger partial charge in [0.05, 0.1) is 14.2 Å². The number of carbonyl (C=O) groups is 5. The molecule has 1 aromatic rings. The Balaban J connectivity index is 2.64. The number of carbonyl (C=O) groups excluding carboxylic acids is 4. The summed E-state index contributed by atoms with van der Waals surface area (Å²) in [5.74, 6) is -4.06. The minimum absolute atomic E-state index is 0.0392. The van der Waals surface area contributed by atoms with Crippen molar-refractivity contribution in [3.63, 3.8) is 0 Å². The van der Waals surface area contributed by atoms with E-state index >= 15 is 0 Å². The van der Waals surface area contributed by atoms with Crippen molar-refractivity contribution in [2.45, 2.75) is 65.3 Å². The number of carboxylic acid groups (broad SMARTS) is 1. The van der Waals surface area contributed by atoms with Crippen LogP contribution >= 0.6 is 0 Å². The van der Waals surface area contributed by atoms with Crippen molar-refractivity contribution in [2.24, 2.45) is 0 Å². The number of hydrogen-bond donors (Lipinski definition) is 1. The Labute approximate surface area is 230 Å². The molecular weight excluding hydrogens is 536 g/mol. The van der Waals surface area contributed by atoms with Crippen molar-refractivity contribution < 1.29 is 67.0 Å². The van der Waals surface area contributed by atoms with E-state index in [2.05, 4.69) is 0 Å². The van der Waals surface area contributed by atoms with Crippen LogP contribution in [0.25, 0.3) is 6.08 Å². The van der Waals surface area contributed by atoms with Crippen LogP contribution in [0.3, 0.4) is 0 Å². The van der Waals surface area contributed by atoms with E-state index in [-0.39, 0.29) is 22.8 Å². The van der Waals surface area contributed by atoms with Gasteiger partial charge in [0.15, 0.2) is 23.7 Å². The first kappa shape index (κ1) is 31.9. The summed E-state index contributed by atoms with van der Waals surface area (Å²) in [5.41, 5.74) is 0.444. The molecule has 2 rings (SSSR count). The molecule has 14 nitrogen and oxygen atoms in total. The molecule has 1 aliphatic heterocycles. The first-order chi connectivity index (χ1) is 18.8. The molecule has 0 amide bonds. The van der Waals surface area contributed by atoms with Gasteiger partial charge in [-0.1, -0.05) is 0 Å². The van der Waals surface area contributed by atoms with E-state index in [1.54, 1.807) is 0 Å². The average molecular weight is 569 g/mol. The highest BCUT2D eigenvalue weighted by molar-refractivity contribution is 5.91. The van der Waals surface area contributed by atoms with Gasteiger partial charge in [0.25, 0.3) is 0 Å². The summed E-state index contributed by atoms with van der Waals surface area (Å²) in [5, 5.41) is 9.22. The summed E-state index contributed by atoms with van der Waals surface area (Å²) in [6.07, 6.45) is -5.67. The monoisotopic (exact) mass is 568 g/mol. The summed E-state index contributed by atoms with van der Waals surface area (Å²) in [7, 11) is 2.65. The van der Waals surface area contributed by atoms with E-state index < -0.39 is 67.2 Å². The van der Waals surface area contributed by atoms with Crippen LogP contribution in [-0.2, 0) is 47.7 Å². The number of ether oxygens (including phenoxy) is 8. The minimum Gasteiger partial charge on any atom is -0.493 e. The van der Waals surface area contributed by atoms with Crippen LogP contribution in [0.15, 0.2) is 17.7 Å². The first-order valence-electron chi connectivity index (χ1n) is 11.9. The molecule has 1 saturated heterocycles. The van der Waals surface area contributed by atoms with Crippen molar-refractivity contribution >= 4 is 35.9 Å². The molecular formula is C26H32O14. The Morgan fingerprint density at radius 3 is 1.75 bits per heavy atom. The summed E-state index contributed by atoms with van der Waals surface area (Å²) in [6.45, 7) is 5.42. The Kier molecular flexibility index (Phi) is 11.3. The topological polar surface area (TPSA) is 179 Å². The Hall–Kier alpha value is -4.33. The number of esters is 4. The van der Waals surface area contributed by atoms with Gasteiger partial charge in [0.1, 0.15) is 12.7 Å². The number of carboxylic acids is 1. The van der Waals surface area contributed by atoms with Crippen LogP contribution in [-0.4, -0.2) is 86.5 Å². The third-order valence-corrected chi connectivity index (χ3v) is 5.39. The number of hydrogen-bond acceptors (Lipinski definition) is 13. The van der Waals surface area contributed by atoms with Crippen LogP contribution in [0.5, 0.6) is 17.2 Å². The number of rotatable bonds is 11. The zero-order valence-corrected chi connectivity index (χ0v) is 23.1. The Bertz CT molecular complexity index is 1130. The zero-order chi connectivity index (χ0) is 30.1. The predicted octanol–water partition coefficient (Wildman–Crippen LogP) is 1.65. The van der Waals surface area contributed by atoms with Crippen LogP contribution < -0.4 is 14.2 Å². The van der Waals surface area contributed by atoms with Gasteiger partial charge in [0.2, 0.25) is 18.1 Å². The van der Waals surface area contributed by atoms with Crippen molar-refractivity contribution in [2.75, 3.05) is 20.8 Å². The van der Waals surface area contributed by atoms with Gasteiger partial charge in [-0.05, 0) is 30.7 Å². The second kappa shape index (κ2) is 14.2. The summed E-state index contributed by atoms with van der Waals surface area (Å²) in [6, 6.07) is 2.94. The summed E-state index contributed by atoms with van der Waals surface area (Å²) < 4.78 is 44.1. The molecule has 1 N–H and O–H groups in total. The molecule has 1 aromatic carbocycles. The summed E-state index contributed by atoms with van der Waals surface area (Å²) >= 11 is 0. The molecule has 1 fully saturated rings. The highest BCUT2D eigenvalue weighted by Gasteiger charge is 2.53. The van der Waals surface area contributed by atoms with Crippen LogP contribution in [0, 0.1) is 0 Å². The molecule has 1 heterocycles. The first-order valence-corrected chi connectivity index (χ1v) is 11.9. The largest absolute Gasteiger partial charge is 0.493 e. The average Bonchev–Trinajstić information content (AvgIpc) is 2.85. The molecule has 14 heteroatoms. The molecule has 40 heavy (non-hydrogen) atoms. The molecule has 0 bridgehead atoms. The molecule has 5 atom stereocenters. The van der Waals surface area contributed by atoms with E-state index in [0.29, 0.717) is 5.56 Å². The molecule has 1 aliphatic rings. The standard InChI is InChI=1S/C26H32O14/c1-12(25(31)32)8-17-9-18(33-6)21(19(10-17)34-7)40-26-24(38-16(5)30)23(37-15(4)29)22(36-14(3)28)20(39-26)11-35-13(2)27/h8-10,20,22-24,26H,11H2,1-7H3,(H,31,32)/t20-,22+,23+,24-,26+/m1/s1. The minimum atomic E-state index is -1.54. The lowest BCUT2D eigenvalue weighted by molar-refractivity contribution is -0.288. The fourth-order valence-corrected chi connectivity index (χ4v) is 3.81. The smallest absolute Gasteiger partial charge is 0.331 e. The molecule has 220 valence electrons. The molecule has 0 aromatic heterocycles. The van der Waals surface area contributed by atoms with Gasteiger partial charge in [-0.25, -0.2) is 4.79 Å². The van der Waals surface area contributed by atoms with Crippen molar-refractivity contribution in [3.05, 3.63) is 23.3 Å². The third kappa shape index (κ3) is 8.59. The Morgan fingerprint density at radius 1 is 0.800 bits per heavy atom. The second-order valence-corrected chi connectivity index (χ2v) is 8.57. The van der Waals surface area contributed by atoms with E-state index in [1.165, 1.54) is 39.4 Å². The predicted molar refractivity (Wildman–Crippen MR) is 133 cm³/mol. The number of methoxy groups -OCH3 is 2.